The average Bonchev–Trinajstić information content (AvgIpc) is 3.54. The third-order valence-electron chi connectivity index (χ3n) is 14.1. The first-order valence-corrected chi connectivity index (χ1v) is 25.4. The number of halogens is 1. The smallest absolute Gasteiger partial charge is 0.257 e. The molecule has 2 unspecified atom stereocenters. The molecule has 18 heteroatoms. The lowest BCUT2D eigenvalue weighted by Gasteiger charge is -2.50. The van der Waals surface area contributed by atoms with Crippen LogP contribution in [-0.2, 0) is 19.4 Å². The van der Waals surface area contributed by atoms with Gasteiger partial charge in [0.05, 0.1) is 33.8 Å². The van der Waals surface area contributed by atoms with E-state index in [-0.39, 0.29) is 52.4 Å². The third kappa shape index (κ3) is 9.32. The number of benzene rings is 3. The normalized spacial score (nSPS) is 21.5. The van der Waals surface area contributed by atoms with E-state index in [1.54, 1.807) is 44.2 Å². The Morgan fingerprint density at radius 3 is 2.27 bits per heavy atom. The Morgan fingerprint density at radius 1 is 0.866 bits per heavy atom. The van der Waals surface area contributed by atoms with Crippen LogP contribution >= 0.6 is 11.6 Å². The zero-order chi connectivity index (χ0) is 47.3. The Hall–Kier alpha value is -5.33. The van der Waals surface area contributed by atoms with Crippen LogP contribution in [-0.4, -0.2) is 125 Å². The van der Waals surface area contributed by atoms with E-state index < -0.39 is 33.3 Å². The fraction of sp³-hybridized carbons (Fsp3) is 0.490. The SMILES string of the molecule is Cc1cc(Nc2ncc(Cl)c(Nc3ccccc3S(=O)(=O)C(C)C)n2)c(OC(C)C)cc1C1CCN(C2CCN(C3CN(c4cccc5c4C(O)N(C4CCC(=O)NC4=O)C5=O)C3)CC2)CC1. The van der Waals surface area contributed by atoms with E-state index in [1.165, 1.54) is 16.7 Å². The molecule has 3 amide bonds. The molecule has 16 nitrogen and oxygen atoms in total. The van der Waals surface area contributed by atoms with Crippen LogP contribution in [0.4, 0.5) is 28.8 Å². The van der Waals surface area contributed by atoms with E-state index in [0.717, 1.165) is 81.9 Å². The molecule has 5 aliphatic heterocycles. The molecule has 0 spiro atoms. The minimum absolute atomic E-state index is 0.0787. The van der Waals surface area contributed by atoms with Crippen molar-refractivity contribution >= 4 is 68.0 Å². The first-order valence-electron chi connectivity index (χ1n) is 23.5. The average molecular weight is 955 g/mol. The standard InChI is InChI=1S/C49H60ClN9O7S/c1-28(2)66-41-24-35(30(5)23-38(41)53-49-51-25-36(50)45(55-49)52-37-10-6-7-12-42(37)67(64,65)29(3)4)31-15-19-56(20-16-31)32-17-21-57(22-18-32)33-26-58(27-33)39-11-8-9-34-44(39)48(63)59(47(34)62)40-13-14-43(60)54-46(40)61/h6-12,23-25,28-29,31-33,40,48,63H,13-22,26-27H2,1-5H3,(H,54,60,61)(H2,51,52,53,55). The second-order valence-electron chi connectivity index (χ2n) is 19.0. The fourth-order valence-electron chi connectivity index (χ4n) is 10.4. The number of aryl methyl sites for hydroxylation is 1. The van der Waals surface area contributed by atoms with E-state index in [9.17, 15) is 27.9 Å². The van der Waals surface area contributed by atoms with Crippen LogP contribution in [0.3, 0.4) is 0 Å². The molecule has 4 fully saturated rings. The summed E-state index contributed by atoms with van der Waals surface area (Å²) in [7, 11) is -3.58. The summed E-state index contributed by atoms with van der Waals surface area (Å²) in [6.07, 6.45) is 4.79. The van der Waals surface area contributed by atoms with Crippen molar-refractivity contribution in [1.82, 2.24) is 30.0 Å². The first kappa shape index (κ1) is 46.8. The van der Waals surface area contributed by atoms with Gasteiger partial charge in [0.2, 0.25) is 17.8 Å². The fourth-order valence-corrected chi connectivity index (χ4v) is 11.8. The molecule has 0 radical (unpaired) electrons. The number of amides is 3. The predicted octanol–water partition coefficient (Wildman–Crippen LogP) is 6.68. The highest BCUT2D eigenvalue weighted by atomic mass is 35.5. The number of ether oxygens (including phenoxy) is 1. The summed E-state index contributed by atoms with van der Waals surface area (Å²) in [6.45, 7) is 15.1. The molecule has 4 N–H and O–H groups in total. The number of aliphatic hydroxyl groups is 1. The molecular weight excluding hydrogens is 894 g/mol. The van der Waals surface area contributed by atoms with Crippen molar-refractivity contribution in [3.05, 3.63) is 88.1 Å². The molecule has 6 heterocycles. The van der Waals surface area contributed by atoms with Crippen LogP contribution in [0.1, 0.15) is 105 Å². The van der Waals surface area contributed by atoms with Gasteiger partial charge in [-0.1, -0.05) is 29.8 Å². The summed E-state index contributed by atoms with van der Waals surface area (Å²) < 4.78 is 32.6. The number of nitrogens with one attached hydrogen (secondary N) is 3. The van der Waals surface area contributed by atoms with Crippen molar-refractivity contribution in [3.8, 4) is 5.75 Å². The van der Waals surface area contributed by atoms with Gasteiger partial charge in [0.25, 0.3) is 5.91 Å². The van der Waals surface area contributed by atoms with Gasteiger partial charge in [0.1, 0.15) is 16.8 Å². The summed E-state index contributed by atoms with van der Waals surface area (Å²) in [5.74, 6) is 0.350. The number of piperidine rings is 3. The number of para-hydroxylation sites is 1. The second kappa shape index (κ2) is 19.0. The van der Waals surface area contributed by atoms with Crippen LogP contribution in [0.2, 0.25) is 5.02 Å². The Bertz CT molecular complexity index is 2660. The minimum atomic E-state index is -3.58. The van der Waals surface area contributed by atoms with E-state index in [1.807, 2.05) is 26.0 Å². The van der Waals surface area contributed by atoms with Gasteiger partial charge in [0, 0.05) is 61.5 Å². The first-order chi connectivity index (χ1) is 32.1. The molecule has 3 aromatic carbocycles. The van der Waals surface area contributed by atoms with Gasteiger partial charge >= 0.3 is 0 Å². The van der Waals surface area contributed by atoms with E-state index in [0.29, 0.717) is 40.6 Å². The van der Waals surface area contributed by atoms with E-state index in [4.69, 9.17) is 16.3 Å². The molecule has 4 aromatic rings. The largest absolute Gasteiger partial charge is 0.489 e. The highest BCUT2D eigenvalue weighted by Crippen LogP contribution is 2.43. The maximum Gasteiger partial charge on any atom is 0.257 e. The second-order valence-corrected chi connectivity index (χ2v) is 21.9. The lowest BCUT2D eigenvalue weighted by Crippen LogP contribution is -2.62. The number of likely N-dealkylation sites (tertiary alicyclic amines) is 2. The number of carbonyl (C=O) groups excluding carboxylic acids is 3. The molecule has 356 valence electrons. The maximum absolute atomic E-state index is 13.4. The van der Waals surface area contributed by atoms with Crippen molar-refractivity contribution in [3.63, 3.8) is 0 Å². The molecule has 0 saturated carbocycles. The van der Waals surface area contributed by atoms with Crippen molar-refractivity contribution in [2.45, 2.75) is 120 Å². The Balaban J connectivity index is 0.795. The van der Waals surface area contributed by atoms with Crippen LogP contribution in [0.5, 0.6) is 5.75 Å². The molecule has 2 atom stereocenters. The molecule has 0 bridgehead atoms. The van der Waals surface area contributed by atoms with Gasteiger partial charge in [-0.25, -0.2) is 13.4 Å². The van der Waals surface area contributed by atoms with Crippen molar-refractivity contribution in [2.24, 2.45) is 0 Å². The van der Waals surface area contributed by atoms with Crippen LogP contribution in [0.25, 0.3) is 0 Å². The van der Waals surface area contributed by atoms with E-state index in [2.05, 4.69) is 59.7 Å². The van der Waals surface area contributed by atoms with Gasteiger partial charge in [-0.05, 0) is 133 Å². The van der Waals surface area contributed by atoms with Crippen molar-refractivity contribution in [1.29, 1.82) is 0 Å². The number of rotatable bonds is 13. The molecule has 1 aromatic heterocycles. The lowest BCUT2D eigenvalue weighted by atomic mass is 9.85. The quantitative estimate of drug-likeness (QED) is 0.104. The number of carbonyl (C=O) groups is 3. The van der Waals surface area contributed by atoms with Crippen LogP contribution in [0, 0.1) is 6.92 Å². The summed E-state index contributed by atoms with van der Waals surface area (Å²) in [5, 5.41) is 19.8. The number of sulfone groups is 1. The number of aliphatic hydroxyl groups excluding tert-OH is 1. The van der Waals surface area contributed by atoms with Gasteiger partial charge in [-0.2, -0.15) is 4.98 Å². The maximum atomic E-state index is 13.4. The summed E-state index contributed by atoms with van der Waals surface area (Å²) in [4.78, 5) is 55.8. The molecular formula is C49H60ClN9O7S. The van der Waals surface area contributed by atoms with Crippen molar-refractivity contribution < 1.29 is 32.6 Å². The van der Waals surface area contributed by atoms with E-state index >= 15 is 0 Å². The van der Waals surface area contributed by atoms with Crippen molar-refractivity contribution in [2.75, 3.05) is 54.8 Å². The molecule has 67 heavy (non-hydrogen) atoms. The molecule has 5 aliphatic rings. The molecule has 4 saturated heterocycles. The summed E-state index contributed by atoms with van der Waals surface area (Å²) in [5.41, 5.74) is 5.30. The molecule has 9 rings (SSSR count). The monoisotopic (exact) mass is 953 g/mol. The summed E-state index contributed by atoms with van der Waals surface area (Å²) >= 11 is 6.54. The number of hydrogen-bond acceptors (Lipinski definition) is 14. The summed E-state index contributed by atoms with van der Waals surface area (Å²) in [6, 6.07) is 16.5. The van der Waals surface area contributed by atoms with Gasteiger partial charge in [-0.15, -0.1) is 0 Å². The number of aromatic nitrogens is 2. The van der Waals surface area contributed by atoms with Gasteiger partial charge < -0.3 is 30.3 Å². The zero-order valence-electron chi connectivity index (χ0n) is 38.7. The number of anilines is 5. The number of imide groups is 1. The van der Waals surface area contributed by atoms with Crippen LogP contribution in [0.15, 0.2) is 65.7 Å². The minimum Gasteiger partial charge on any atom is -0.489 e. The molecule has 0 aliphatic carbocycles. The lowest BCUT2D eigenvalue weighted by molar-refractivity contribution is -0.139. The highest BCUT2D eigenvalue weighted by molar-refractivity contribution is 7.92. The third-order valence-corrected chi connectivity index (χ3v) is 16.6. The number of fused-ring (bicyclic) bond motifs is 1. The Morgan fingerprint density at radius 2 is 1.57 bits per heavy atom. The topological polar surface area (TPSA) is 190 Å². The zero-order valence-corrected chi connectivity index (χ0v) is 40.2. The van der Waals surface area contributed by atoms with Crippen LogP contribution < -0.4 is 25.6 Å². The van der Waals surface area contributed by atoms with Gasteiger partial charge in [0.15, 0.2) is 21.9 Å². The number of hydrogen-bond donors (Lipinski definition) is 4. The predicted molar refractivity (Wildman–Crippen MR) is 257 cm³/mol. The Kier molecular flexibility index (Phi) is 13.3. The number of nitrogens with zero attached hydrogens (tertiary/aromatic N) is 6. The van der Waals surface area contributed by atoms with Gasteiger partial charge in [-0.3, -0.25) is 29.5 Å². The highest BCUT2D eigenvalue weighted by Gasteiger charge is 2.47. The Labute approximate surface area is 397 Å².